The van der Waals surface area contributed by atoms with E-state index in [4.69, 9.17) is 9.72 Å². The molecule has 3 atom stereocenters. The molecule has 4 rings (SSSR count). The number of amides is 1. The number of nitrogens with one attached hydrogen (secondary N) is 1. The number of anilines is 1. The molecule has 0 unspecified atom stereocenters. The number of aromatic nitrogens is 6. The van der Waals surface area contributed by atoms with Gasteiger partial charge in [0.15, 0.2) is 17.0 Å². The predicted octanol–water partition coefficient (Wildman–Crippen LogP) is 1.02. The summed E-state index contributed by atoms with van der Waals surface area (Å²) in [6.45, 7) is 8.88. The van der Waals surface area contributed by atoms with E-state index in [9.17, 15) is 9.90 Å². The van der Waals surface area contributed by atoms with Gasteiger partial charge in [-0.25, -0.2) is 24.9 Å². The number of rotatable bonds is 6. The van der Waals surface area contributed by atoms with Gasteiger partial charge in [0.1, 0.15) is 24.0 Å². The average Bonchev–Trinajstić information content (AvgIpc) is 3.16. The SMILES string of the molecule is CCn1c(-c2cnc(C)nc2)nc2c(N[C@@H](CO)C(=O)N3C[C@@H](C)O[C@@H](C)C3)ncnc21. The van der Waals surface area contributed by atoms with E-state index in [1.807, 2.05) is 32.3 Å². The van der Waals surface area contributed by atoms with Crippen LogP contribution in [0.5, 0.6) is 0 Å². The van der Waals surface area contributed by atoms with Gasteiger partial charge < -0.3 is 24.6 Å². The second-order valence-corrected chi connectivity index (χ2v) is 7.97. The van der Waals surface area contributed by atoms with Crippen LogP contribution in [0, 0.1) is 6.92 Å². The van der Waals surface area contributed by atoms with E-state index >= 15 is 0 Å². The minimum atomic E-state index is -0.858. The lowest BCUT2D eigenvalue weighted by atomic mass is 10.2. The Balaban J connectivity index is 1.66. The third-order valence-electron chi connectivity index (χ3n) is 5.41. The van der Waals surface area contributed by atoms with Gasteiger partial charge in [-0.3, -0.25) is 4.79 Å². The number of carbonyl (C=O) groups excluding carboxylic acids is 1. The van der Waals surface area contributed by atoms with Gasteiger partial charge in [-0.2, -0.15) is 0 Å². The largest absolute Gasteiger partial charge is 0.394 e. The van der Waals surface area contributed by atoms with Crippen LogP contribution in [0.15, 0.2) is 18.7 Å². The molecular weight excluding hydrogens is 412 g/mol. The summed E-state index contributed by atoms with van der Waals surface area (Å²) in [7, 11) is 0. The Morgan fingerprint density at radius 1 is 1.22 bits per heavy atom. The van der Waals surface area contributed by atoms with Gasteiger partial charge in [0.25, 0.3) is 0 Å². The Hall–Kier alpha value is -3.18. The maximum atomic E-state index is 13.1. The van der Waals surface area contributed by atoms with Crippen molar-refractivity contribution in [3.63, 3.8) is 0 Å². The highest BCUT2D eigenvalue weighted by molar-refractivity contribution is 5.90. The van der Waals surface area contributed by atoms with Crippen molar-refractivity contribution in [2.24, 2.45) is 0 Å². The molecule has 170 valence electrons. The van der Waals surface area contributed by atoms with Gasteiger partial charge in [-0.1, -0.05) is 0 Å². The molecule has 32 heavy (non-hydrogen) atoms. The van der Waals surface area contributed by atoms with Crippen LogP contribution in [-0.2, 0) is 16.1 Å². The maximum absolute atomic E-state index is 13.1. The fraction of sp³-hybridized carbons (Fsp3) is 0.524. The number of morpholine rings is 1. The first-order chi connectivity index (χ1) is 15.4. The second kappa shape index (κ2) is 9.13. The molecule has 0 radical (unpaired) electrons. The predicted molar refractivity (Wildman–Crippen MR) is 118 cm³/mol. The molecule has 1 saturated heterocycles. The number of aryl methyl sites for hydroxylation is 2. The van der Waals surface area contributed by atoms with Crippen molar-refractivity contribution in [3.8, 4) is 11.4 Å². The van der Waals surface area contributed by atoms with E-state index in [0.29, 0.717) is 48.3 Å². The molecule has 3 aromatic rings. The number of aliphatic hydroxyl groups is 1. The summed E-state index contributed by atoms with van der Waals surface area (Å²) in [5.41, 5.74) is 1.89. The highest BCUT2D eigenvalue weighted by atomic mass is 16.5. The average molecular weight is 441 g/mol. The summed E-state index contributed by atoms with van der Waals surface area (Å²) in [4.78, 5) is 36.8. The minimum absolute atomic E-state index is 0.0626. The number of aliphatic hydroxyl groups excluding tert-OH is 1. The molecule has 1 aliphatic rings. The van der Waals surface area contributed by atoms with Gasteiger partial charge in [0.2, 0.25) is 5.91 Å². The van der Waals surface area contributed by atoms with Crippen LogP contribution in [0.3, 0.4) is 0 Å². The zero-order valence-electron chi connectivity index (χ0n) is 18.7. The smallest absolute Gasteiger partial charge is 0.247 e. The van der Waals surface area contributed by atoms with Gasteiger partial charge in [0.05, 0.1) is 24.4 Å². The number of fused-ring (bicyclic) bond motifs is 1. The standard InChI is InChI=1S/C21H28N8O3/c1-5-29-19(15-6-22-14(4)23-7-15)27-17-18(24-11-25-20(17)29)26-16(10-30)21(31)28-8-12(2)32-13(3)9-28/h6-7,11-13,16,30H,5,8-10H2,1-4H3,(H,24,25,26)/t12-,13+,16-/m0/s1. The van der Waals surface area contributed by atoms with E-state index in [2.05, 4.69) is 25.3 Å². The Bertz CT molecular complexity index is 1090. The van der Waals surface area contributed by atoms with Crippen LogP contribution in [0.1, 0.15) is 26.6 Å². The van der Waals surface area contributed by atoms with Crippen LogP contribution in [0.4, 0.5) is 5.82 Å². The van der Waals surface area contributed by atoms with Crippen molar-refractivity contribution in [1.29, 1.82) is 0 Å². The van der Waals surface area contributed by atoms with E-state index in [0.717, 1.165) is 5.56 Å². The van der Waals surface area contributed by atoms with E-state index in [1.165, 1.54) is 6.33 Å². The Labute approximate surface area is 185 Å². The maximum Gasteiger partial charge on any atom is 0.247 e. The Morgan fingerprint density at radius 2 is 1.91 bits per heavy atom. The molecule has 11 heteroatoms. The van der Waals surface area contributed by atoms with Crippen molar-refractivity contribution in [3.05, 3.63) is 24.5 Å². The normalized spacial score (nSPS) is 19.8. The lowest BCUT2D eigenvalue weighted by Crippen LogP contribution is -2.53. The lowest BCUT2D eigenvalue weighted by Gasteiger charge is -2.37. The Morgan fingerprint density at radius 3 is 2.53 bits per heavy atom. The van der Waals surface area contributed by atoms with Gasteiger partial charge in [-0.05, 0) is 27.7 Å². The number of hydrogen-bond acceptors (Lipinski definition) is 9. The van der Waals surface area contributed by atoms with Crippen molar-refractivity contribution < 1.29 is 14.6 Å². The number of imidazole rings is 1. The quantitative estimate of drug-likeness (QED) is 0.577. The summed E-state index contributed by atoms with van der Waals surface area (Å²) >= 11 is 0. The molecule has 1 amide bonds. The highest BCUT2D eigenvalue weighted by Gasteiger charge is 2.31. The molecule has 3 aromatic heterocycles. The highest BCUT2D eigenvalue weighted by Crippen LogP contribution is 2.26. The van der Waals surface area contributed by atoms with E-state index < -0.39 is 6.04 Å². The van der Waals surface area contributed by atoms with Crippen molar-refractivity contribution in [2.75, 3.05) is 25.0 Å². The molecule has 0 saturated carbocycles. The summed E-state index contributed by atoms with van der Waals surface area (Å²) < 4.78 is 7.65. The first-order valence-electron chi connectivity index (χ1n) is 10.7. The topological polar surface area (TPSA) is 131 Å². The Kier molecular flexibility index (Phi) is 6.28. The fourth-order valence-electron chi connectivity index (χ4n) is 4.00. The molecule has 0 spiro atoms. The van der Waals surface area contributed by atoms with Crippen LogP contribution in [0.2, 0.25) is 0 Å². The van der Waals surface area contributed by atoms with Gasteiger partial charge >= 0.3 is 0 Å². The van der Waals surface area contributed by atoms with E-state index in [1.54, 1.807) is 17.3 Å². The molecule has 1 fully saturated rings. The zero-order chi connectivity index (χ0) is 22.8. The molecule has 0 aromatic carbocycles. The van der Waals surface area contributed by atoms with Crippen molar-refractivity contribution in [2.45, 2.75) is 52.5 Å². The number of ether oxygens (including phenoxy) is 1. The van der Waals surface area contributed by atoms with Crippen LogP contribution in [0.25, 0.3) is 22.6 Å². The summed E-state index contributed by atoms with van der Waals surface area (Å²) in [6, 6.07) is -0.858. The van der Waals surface area contributed by atoms with Crippen LogP contribution in [-0.4, -0.2) is 83.3 Å². The number of carbonyl (C=O) groups is 1. The fourth-order valence-corrected chi connectivity index (χ4v) is 4.00. The zero-order valence-corrected chi connectivity index (χ0v) is 18.7. The molecule has 4 heterocycles. The van der Waals surface area contributed by atoms with Crippen LogP contribution < -0.4 is 5.32 Å². The number of hydrogen-bond donors (Lipinski definition) is 2. The van der Waals surface area contributed by atoms with Crippen molar-refractivity contribution in [1.82, 2.24) is 34.4 Å². The minimum Gasteiger partial charge on any atom is -0.394 e. The van der Waals surface area contributed by atoms with Crippen LogP contribution >= 0.6 is 0 Å². The number of nitrogens with zero attached hydrogens (tertiary/aromatic N) is 7. The first kappa shape index (κ1) is 22.0. The van der Waals surface area contributed by atoms with Crippen molar-refractivity contribution >= 4 is 22.9 Å². The molecule has 0 aliphatic carbocycles. The monoisotopic (exact) mass is 440 g/mol. The molecule has 2 N–H and O–H groups in total. The van der Waals surface area contributed by atoms with Gasteiger partial charge in [-0.15, -0.1) is 0 Å². The summed E-state index contributed by atoms with van der Waals surface area (Å²) in [5.74, 6) is 1.52. The third-order valence-corrected chi connectivity index (χ3v) is 5.41. The molecule has 0 bridgehead atoms. The molecular formula is C21H28N8O3. The van der Waals surface area contributed by atoms with Gasteiger partial charge in [0, 0.05) is 32.0 Å². The third kappa shape index (κ3) is 4.26. The molecule has 11 nitrogen and oxygen atoms in total. The first-order valence-corrected chi connectivity index (χ1v) is 10.7. The second-order valence-electron chi connectivity index (χ2n) is 7.97. The summed E-state index contributed by atoms with van der Waals surface area (Å²) in [6.07, 6.45) is 4.74. The summed E-state index contributed by atoms with van der Waals surface area (Å²) in [5, 5.41) is 13.1. The molecule has 1 aliphatic heterocycles. The van der Waals surface area contributed by atoms with E-state index in [-0.39, 0.29) is 24.7 Å². The lowest BCUT2D eigenvalue weighted by molar-refractivity contribution is -0.144.